The molecule has 2 heterocycles. The SMILES string of the molecule is CC1=NN(c2sc3ccccc3[n+]2C)C(=O)C1=CC=Cc1ccc(N(C)C)cc1. The van der Waals surface area contributed by atoms with Crippen LogP contribution in [0.1, 0.15) is 12.5 Å². The Hall–Kier alpha value is -3.25. The fraction of sp³-hybridized carbons (Fsp3) is 0.174. The summed E-state index contributed by atoms with van der Waals surface area (Å²) in [6.07, 6.45) is 5.74. The van der Waals surface area contributed by atoms with Crippen molar-refractivity contribution in [1.82, 2.24) is 0 Å². The Balaban J connectivity index is 1.57. The van der Waals surface area contributed by atoms with Crippen LogP contribution in [0.2, 0.25) is 0 Å². The van der Waals surface area contributed by atoms with Crippen molar-refractivity contribution in [2.75, 3.05) is 24.0 Å². The summed E-state index contributed by atoms with van der Waals surface area (Å²) < 4.78 is 3.14. The number of hydrogen-bond donors (Lipinski definition) is 0. The molecule has 3 aromatic rings. The number of anilines is 2. The molecule has 0 N–H and O–H groups in total. The monoisotopic (exact) mass is 403 g/mol. The van der Waals surface area contributed by atoms with E-state index in [1.54, 1.807) is 11.3 Å². The van der Waals surface area contributed by atoms with Crippen LogP contribution in [-0.2, 0) is 11.8 Å². The Labute approximate surface area is 174 Å². The Morgan fingerprint density at radius 1 is 1.10 bits per heavy atom. The number of fused-ring (bicyclic) bond motifs is 1. The number of allylic oxidation sites excluding steroid dienone is 2. The Morgan fingerprint density at radius 3 is 2.52 bits per heavy atom. The zero-order valence-electron chi connectivity index (χ0n) is 17.0. The molecule has 0 saturated heterocycles. The van der Waals surface area contributed by atoms with Gasteiger partial charge in [0.25, 0.3) is 0 Å². The Kier molecular flexibility index (Phi) is 5.03. The van der Waals surface area contributed by atoms with Gasteiger partial charge in [-0.3, -0.25) is 0 Å². The van der Waals surface area contributed by atoms with Crippen molar-refractivity contribution in [3.8, 4) is 0 Å². The summed E-state index contributed by atoms with van der Waals surface area (Å²) in [6.45, 7) is 1.87. The van der Waals surface area contributed by atoms with Gasteiger partial charge >= 0.3 is 11.0 Å². The first kappa shape index (κ1) is 19.1. The number of para-hydroxylation sites is 1. The van der Waals surface area contributed by atoms with Gasteiger partial charge in [-0.2, -0.15) is 0 Å². The zero-order valence-corrected chi connectivity index (χ0v) is 17.8. The fourth-order valence-electron chi connectivity index (χ4n) is 3.25. The lowest BCUT2D eigenvalue weighted by Crippen LogP contribution is -2.36. The van der Waals surface area contributed by atoms with Gasteiger partial charge in [-0.1, -0.05) is 41.5 Å². The predicted octanol–water partition coefficient (Wildman–Crippen LogP) is 4.15. The van der Waals surface area contributed by atoms with Crippen LogP contribution >= 0.6 is 11.3 Å². The maximum atomic E-state index is 13.0. The van der Waals surface area contributed by atoms with Crippen LogP contribution in [-0.4, -0.2) is 25.7 Å². The van der Waals surface area contributed by atoms with Crippen molar-refractivity contribution < 1.29 is 9.36 Å². The molecule has 4 rings (SSSR count). The van der Waals surface area contributed by atoms with E-state index in [-0.39, 0.29) is 5.91 Å². The highest BCUT2D eigenvalue weighted by molar-refractivity contribution is 7.21. The number of thiazole rings is 1. The van der Waals surface area contributed by atoms with Gasteiger partial charge in [-0.05, 0) is 59.2 Å². The summed E-state index contributed by atoms with van der Waals surface area (Å²) >= 11 is 1.57. The first-order chi connectivity index (χ1) is 14.0. The largest absolute Gasteiger partial charge is 0.378 e. The number of benzene rings is 2. The van der Waals surface area contributed by atoms with Crippen LogP contribution in [0.25, 0.3) is 16.3 Å². The van der Waals surface area contributed by atoms with Gasteiger partial charge in [-0.25, -0.2) is 9.36 Å². The molecule has 0 aliphatic carbocycles. The number of amides is 1. The summed E-state index contributed by atoms with van der Waals surface area (Å²) in [5.41, 5.74) is 4.66. The third-order valence-corrected chi connectivity index (χ3v) is 6.11. The van der Waals surface area contributed by atoms with Gasteiger partial charge in [0.15, 0.2) is 0 Å². The maximum Gasteiger partial charge on any atom is 0.370 e. The van der Waals surface area contributed by atoms with Gasteiger partial charge < -0.3 is 4.90 Å². The van der Waals surface area contributed by atoms with E-state index < -0.39 is 0 Å². The fourth-order valence-corrected chi connectivity index (χ4v) is 4.35. The number of nitrogens with zero attached hydrogens (tertiary/aromatic N) is 4. The molecule has 0 bridgehead atoms. The molecule has 1 aliphatic rings. The number of aryl methyl sites for hydroxylation is 1. The van der Waals surface area contributed by atoms with Crippen LogP contribution in [0.4, 0.5) is 10.8 Å². The zero-order chi connectivity index (χ0) is 20.5. The molecule has 0 spiro atoms. The average molecular weight is 404 g/mol. The predicted molar refractivity (Wildman–Crippen MR) is 121 cm³/mol. The molecular formula is C23H23N4OS+. The number of hydrazone groups is 1. The number of carbonyl (C=O) groups excluding carboxylic acids is 1. The minimum Gasteiger partial charge on any atom is -0.378 e. The van der Waals surface area contributed by atoms with E-state index in [1.165, 1.54) is 5.01 Å². The molecule has 0 atom stereocenters. The van der Waals surface area contributed by atoms with E-state index in [9.17, 15) is 4.79 Å². The third-order valence-electron chi connectivity index (χ3n) is 4.92. The Morgan fingerprint density at radius 2 is 1.83 bits per heavy atom. The van der Waals surface area contributed by atoms with E-state index >= 15 is 0 Å². The lowest BCUT2D eigenvalue weighted by Gasteiger charge is -2.11. The Bertz CT molecular complexity index is 1170. The lowest BCUT2D eigenvalue weighted by molar-refractivity contribution is -0.627. The highest BCUT2D eigenvalue weighted by atomic mass is 32.1. The number of rotatable bonds is 4. The summed E-state index contributed by atoms with van der Waals surface area (Å²) in [4.78, 5) is 15.1. The van der Waals surface area contributed by atoms with E-state index in [1.807, 2.05) is 69.1 Å². The summed E-state index contributed by atoms with van der Waals surface area (Å²) in [5, 5.41) is 6.83. The van der Waals surface area contributed by atoms with Gasteiger partial charge in [0.05, 0.1) is 23.0 Å². The van der Waals surface area contributed by atoms with Crippen molar-refractivity contribution in [2.24, 2.45) is 12.1 Å². The van der Waals surface area contributed by atoms with E-state index in [2.05, 4.69) is 40.3 Å². The molecule has 1 amide bonds. The van der Waals surface area contributed by atoms with Crippen LogP contribution in [0, 0.1) is 0 Å². The molecule has 0 saturated carbocycles. The maximum absolute atomic E-state index is 13.0. The molecule has 1 aliphatic heterocycles. The van der Waals surface area contributed by atoms with Crippen molar-refractivity contribution >= 4 is 50.1 Å². The summed E-state index contributed by atoms with van der Waals surface area (Å²) in [6, 6.07) is 16.4. The average Bonchev–Trinajstić information content (AvgIpc) is 3.19. The van der Waals surface area contributed by atoms with Crippen LogP contribution < -0.4 is 14.5 Å². The van der Waals surface area contributed by atoms with Crippen LogP contribution in [0.15, 0.2) is 71.4 Å². The lowest BCUT2D eigenvalue weighted by atomic mass is 10.1. The molecule has 0 radical (unpaired) electrons. The van der Waals surface area contributed by atoms with Gasteiger partial charge in [-0.15, -0.1) is 0 Å². The molecule has 2 aromatic carbocycles. The highest BCUT2D eigenvalue weighted by Crippen LogP contribution is 2.30. The second-order valence-electron chi connectivity index (χ2n) is 7.14. The summed E-state index contributed by atoms with van der Waals surface area (Å²) in [5.74, 6) is -0.0998. The summed E-state index contributed by atoms with van der Waals surface area (Å²) in [7, 11) is 6.00. The van der Waals surface area contributed by atoms with Crippen molar-refractivity contribution in [3.63, 3.8) is 0 Å². The van der Waals surface area contributed by atoms with Crippen molar-refractivity contribution in [2.45, 2.75) is 6.92 Å². The third kappa shape index (κ3) is 3.59. The topological polar surface area (TPSA) is 39.8 Å². The number of aromatic nitrogens is 1. The molecule has 5 nitrogen and oxygen atoms in total. The smallest absolute Gasteiger partial charge is 0.370 e. The molecule has 1 aromatic heterocycles. The molecule has 6 heteroatoms. The minimum absolute atomic E-state index is 0.0998. The molecule has 146 valence electrons. The molecule has 0 unspecified atom stereocenters. The second-order valence-corrected chi connectivity index (χ2v) is 8.15. The van der Waals surface area contributed by atoms with Gasteiger partial charge in [0, 0.05) is 19.8 Å². The highest BCUT2D eigenvalue weighted by Gasteiger charge is 2.39. The molecular weight excluding hydrogens is 380 g/mol. The van der Waals surface area contributed by atoms with E-state index in [4.69, 9.17) is 0 Å². The standard InChI is InChI=1S/C23H23N4OS/c1-16-19(9-7-8-17-12-14-18(15-13-17)25(2)3)22(28)27(24-16)23-26(4)20-10-5-6-11-21(20)29-23/h5-15H,1-4H3/q+1. The quantitative estimate of drug-likeness (QED) is 0.485. The number of carbonyl (C=O) groups is 1. The second kappa shape index (κ2) is 7.64. The first-order valence-corrected chi connectivity index (χ1v) is 10.2. The van der Waals surface area contributed by atoms with Gasteiger partial charge in [0.2, 0.25) is 0 Å². The van der Waals surface area contributed by atoms with Crippen LogP contribution in [0.3, 0.4) is 0 Å². The molecule has 29 heavy (non-hydrogen) atoms. The normalized spacial score (nSPS) is 15.7. The van der Waals surface area contributed by atoms with Gasteiger partial charge in [0.1, 0.15) is 5.52 Å². The van der Waals surface area contributed by atoms with Crippen molar-refractivity contribution in [3.05, 3.63) is 71.8 Å². The molecule has 0 fully saturated rings. The van der Waals surface area contributed by atoms with E-state index in [0.717, 1.165) is 32.3 Å². The number of hydrogen-bond acceptors (Lipinski definition) is 4. The first-order valence-electron chi connectivity index (χ1n) is 9.39. The van der Waals surface area contributed by atoms with Crippen molar-refractivity contribution in [1.29, 1.82) is 0 Å². The van der Waals surface area contributed by atoms with Crippen LogP contribution in [0.5, 0.6) is 0 Å². The minimum atomic E-state index is -0.0998. The van der Waals surface area contributed by atoms with E-state index in [0.29, 0.717) is 5.57 Å².